The van der Waals surface area contributed by atoms with Crippen molar-refractivity contribution in [2.75, 3.05) is 0 Å². The topological polar surface area (TPSA) is 51.0 Å². The van der Waals surface area contributed by atoms with E-state index in [4.69, 9.17) is 4.42 Å². The first kappa shape index (κ1) is 14.0. The van der Waals surface area contributed by atoms with Gasteiger partial charge >= 0.3 is 0 Å². The van der Waals surface area contributed by atoms with Crippen molar-refractivity contribution < 1.29 is 4.42 Å². The zero-order valence-electron chi connectivity index (χ0n) is 11.8. The quantitative estimate of drug-likeness (QED) is 0.756. The van der Waals surface area contributed by atoms with Gasteiger partial charge in [0, 0.05) is 17.8 Å². The zero-order valence-corrected chi connectivity index (χ0v) is 12.6. The average molecular weight is 299 g/mol. The van der Waals surface area contributed by atoms with Crippen molar-refractivity contribution in [2.24, 2.45) is 0 Å². The summed E-state index contributed by atoms with van der Waals surface area (Å²) in [6.07, 6.45) is 0.939. The fraction of sp³-hybridized carbons (Fsp3) is 0.250. The van der Waals surface area contributed by atoms with Gasteiger partial charge in [-0.3, -0.25) is 0 Å². The molecule has 0 aliphatic carbocycles. The highest BCUT2D eigenvalue weighted by atomic mass is 32.1. The Morgan fingerprint density at radius 3 is 2.67 bits per heavy atom. The number of aryl methyl sites for hydroxylation is 1. The van der Waals surface area contributed by atoms with Crippen LogP contribution < -0.4 is 5.32 Å². The summed E-state index contributed by atoms with van der Waals surface area (Å²) in [6.45, 7) is 2.38. The number of thiophene rings is 1. The van der Waals surface area contributed by atoms with Crippen LogP contribution in [0.2, 0.25) is 0 Å². The summed E-state index contributed by atoms with van der Waals surface area (Å²) in [5, 5.41) is 13.5. The number of nitrogens with zero attached hydrogens (tertiary/aromatic N) is 2. The predicted molar refractivity (Wildman–Crippen MR) is 83.1 cm³/mol. The molecule has 5 heteroatoms. The molecule has 0 saturated carbocycles. The number of aromatic nitrogens is 2. The van der Waals surface area contributed by atoms with Gasteiger partial charge in [-0.05, 0) is 23.4 Å². The first-order chi connectivity index (χ1) is 10.3. The van der Waals surface area contributed by atoms with Crippen LogP contribution in [0.3, 0.4) is 0 Å². The molecule has 0 unspecified atom stereocenters. The molecule has 108 valence electrons. The molecule has 0 aliphatic heterocycles. The van der Waals surface area contributed by atoms with Gasteiger partial charge in [0.05, 0.1) is 6.54 Å². The van der Waals surface area contributed by atoms with Crippen LogP contribution in [0.1, 0.15) is 28.3 Å². The molecule has 0 aliphatic rings. The van der Waals surface area contributed by atoms with E-state index in [2.05, 4.69) is 57.3 Å². The number of hydrogen-bond donors (Lipinski definition) is 1. The van der Waals surface area contributed by atoms with Crippen LogP contribution in [-0.2, 0) is 13.0 Å². The van der Waals surface area contributed by atoms with Gasteiger partial charge in [-0.2, -0.15) is 0 Å². The van der Waals surface area contributed by atoms with Crippen molar-refractivity contribution in [3.05, 3.63) is 70.1 Å². The summed E-state index contributed by atoms with van der Waals surface area (Å²) >= 11 is 1.76. The summed E-state index contributed by atoms with van der Waals surface area (Å²) < 4.78 is 5.42. The summed E-state index contributed by atoms with van der Waals surface area (Å²) in [5.74, 6) is 1.23. The molecule has 1 atom stereocenters. The lowest BCUT2D eigenvalue weighted by molar-refractivity contribution is 0.423. The van der Waals surface area contributed by atoms with Crippen LogP contribution >= 0.6 is 11.3 Å². The van der Waals surface area contributed by atoms with Gasteiger partial charge < -0.3 is 9.73 Å². The van der Waals surface area contributed by atoms with E-state index >= 15 is 0 Å². The van der Waals surface area contributed by atoms with E-state index in [0.717, 1.165) is 6.42 Å². The van der Waals surface area contributed by atoms with Crippen LogP contribution in [0.4, 0.5) is 0 Å². The smallest absolute Gasteiger partial charge is 0.230 e. The maximum atomic E-state index is 5.42. The number of benzene rings is 1. The monoisotopic (exact) mass is 299 g/mol. The molecule has 0 spiro atoms. The third-order valence-corrected chi connectivity index (χ3v) is 4.22. The van der Waals surface area contributed by atoms with Crippen molar-refractivity contribution in [2.45, 2.75) is 25.9 Å². The van der Waals surface area contributed by atoms with Crippen molar-refractivity contribution in [3.8, 4) is 0 Å². The molecule has 0 bridgehead atoms. The molecule has 2 heterocycles. The Labute approximate surface area is 127 Å². The summed E-state index contributed by atoms with van der Waals surface area (Å²) in [5.41, 5.74) is 1.31. The Bertz CT molecular complexity index is 664. The Balaban J connectivity index is 1.70. The average Bonchev–Trinajstić information content (AvgIpc) is 3.16. The molecule has 0 saturated heterocycles. The lowest BCUT2D eigenvalue weighted by Crippen LogP contribution is -2.22. The molecule has 2 aromatic heterocycles. The molecule has 21 heavy (non-hydrogen) atoms. The SMILES string of the molecule is Cc1nnc(CN[C@H](Cc2ccccc2)c2cccs2)o1. The van der Waals surface area contributed by atoms with Gasteiger partial charge in [0.2, 0.25) is 11.8 Å². The van der Waals surface area contributed by atoms with Crippen molar-refractivity contribution in [1.29, 1.82) is 0 Å². The Hall–Kier alpha value is -1.98. The minimum atomic E-state index is 0.250. The van der Waals surface area contributed by atoms with Crippen molar-refractivity contribution in [3.63, 3.8) is 0 Å². The van der Waals surface area contributed by atoms with Crippen molar-refractivity contribution in [1.82, 2.24) is 15.5 Å². The molecule has 0 radical (unpaired) electrons. The molecule has 3 rings (SSSR count). The van der Waals surface area contributed by atoms with Crippen LogP contribution in [0.15, 0.2) is 52.3 Å². The van der Waals surface area contributed by atoms with Gasteiger partial charge in [-0.1, -0.05) is 36.4 Å². The van der Waals surface area contributed by atoms with Gasteiger partial charge in [0.1, 0.15) is 0 Å². The highest BCUT2D eigenvalue weighted by Crippen LogP contribution is 2.23. The maximum absolute atomic E-state index is 5.42. The second-order valence-corrected chi connectivity index (χ2v) is 5.83. The van der Waals surface area contributed by atoms with E-state index in [0.29, 0.717) is 18.3 Å². The molecule has 3 aromatic rings. The standard InChI is InChI=1S/C16H17N3OS/c1-12-18-19-16(20-12)11-17-14(15-8-5-9-21-15)10-13-6-3-2-4-7-13/h2-9,14,17H,10-11H2,1H3/t14-/m1/s1. The highest BCUT2D eigenvalue weighted by Gasteiger charge is 2.14. The predicted octanol–water partition coefficient (Wildman–Crippen LogP) is 3.51. The van der Waals surface area contributed by atoms with E-state index in [9.17, 15) is 0 Å². The normalized spacial score (nSPS) is 12.4. The third-order valence-electron chi connectivity index (χ3n) is 3.24. The summed E-state index contributed by atoms with van der Waals surface area (Å²) in [6, 6.07) is 15.0. The Morgan fingerprint density at radius 2 is 2.00 bits per heavy atom. The van der Waals surface area contributed by atoms with Crippen LogP contribution in [0.5, 0.6) is 0 Å². The minimum Gasteiger partial charge on any atom is -0.424 e. The third kappa shape index (κ3) is 3.77. The van der Waals surface area contributed by atoms with E-state index in [1.54, 1.807) is 18.3 Å². The molecule has 1 aromatic carbocycles. The van der Waals surface area contributed by atoms with E-state index in [1.165, 1.54) is 10.4 Å². The van der Waals surface area contributed by atoms with E-state index in [-0.39, 0.29) is 6.04 Å². The fourth-order valence-electron chi connectivity index (χ4n) is 2.23. The zero-order chi connectivity index (χ0) is 14.5. The van der Waals surface area contributed by atoms with E-state index in [1.807, 2.05) is 6.07 Å². The van der Waals surface area contributed by atoms with Crippen LogP contribution in [0, 0.1) is 6.92 Å². The Kier molecular flexibility index (Phi) is 4.43. The van der Waals surface area contributed by atoms with Gasteiger partial charge in [-0.25, -0.2) is 0 Å². The summed E-state index contributed by atoms with van der Waals surface area (Å²) in [7, 11) is 0. The molecule has 0 amide bonds. The molecule has 0 fully saturated rings. The van der Waals surface area contributed by atoms with E-state index < -0.39 is 0 Å². The second-order valence-electron chi connectivity index (χ2n) is 4.85. The first-order valence-corrected chi connectivity index (χ1v) is 7.79. The number of hydrogen-bond acceptors (Lipinski definition) is 5. The first-order valence-electron chi connectivity index (χ1n) is 6.91. The van der Waals surface area contributed by atoms with Gasteiger partial charge in [-0.15, -0.1) is 21.5 Å². The minimum absolute atomic E-state index is 0.250. The summed E-state index contributed by atoms with van der Waals surface area (Å²) in [4.78, 5) is 1.31. The molecule has 1 N–H and O–H groups in total. The van der Waals surface area contributed by atoms with Crippen LogP contribution in [-0.4, -0.2) is 10.2 Å². The Morgan fingerprint density at radius 1 is 1.14 bits per heavy atom. The fourth-order valence-corrected chi connectivity index (χ4v) is 3.03. The maximum Gasteiger partial charge on any atom is 0.230 e. The molecule has 4 nitrogen and oxygen atoms in total. The largest absolute Gasteiger partial charge is 0.424 e. The lowest BCUT2D eigenvalue weighted by atomic mass is 10.0. The van der Waals surface area contributed by atoms with Crippen molar-refractivity contribution >= 4 is 11.3 Å². The lowest BCUT2D eigenvalue weighted by Gasteiger charge is -2.16. The van der Waals surface area contributed by atoms with Crippen LogP contribution in [0.25, 0.3) is 0 Å². The number of nitrogens with one attached hydrogen (secondary N) is 1. The molecular weight excluding hydrogens is 282 g/mol. The molecular formula is C16H17N3OS. The highest BCUT2D eigenvalue weighted by molar-refractivity contribution is 7.10. The van der Waals surface area contributed by atoms with Gasteiger partial charge in [0.15, 0.2) is 0 Å². The second kappa shape index (κ2) is 6.65. The number of rotatable bonds is 6. The van der Waals surface area contributed by atoms with Gasteiger partial charge in [0.25, 0.3) is 0 Å².